The molecule has 2 saturated carbocycles. The van der Waals surface area contributed by atoms with Crippen LogP contribution in [-0.2, 0) is 76.6 Å². The van der Waals surface area contributed by atoms with E-state index in [1.54, 1.807) is 54.4 Å². The number of methoxy groups -OCH3 is 1. The van der Waals surface area contributed by atoms with E-state index in [4.69, 9.17) is 9.52 Å². The second-order valence-electron chi connectivity index (χ2n) is 26.9. The Morgan fingerprint density at radius 2 is 0.537 bits per heavy atom. The third kappa shape index (κ3) is 126. The molecule has 742 valence electrons. The number of benzene rings is 11. The summed E-state index contributed by atoms with van der Waals surface area (Å²) in [7, 11) is 5.75. The number of rotatable bonds is 6. The summed E-state index contributed by atoms with van der Waals surface area (Å²) in [4.78, 5) is 42.6. The topological polar surface area (TPSA) is 137 Å². The molecule has 0 saturated heterocycles. The molecule has 0 bridgehead atoms. The van der Waals surface area contributed by atoms with Gasteiger partial charge in [-0.25, -0.2) is 0 Å². The first-order valence-corrected chi connectivity index (χ1v) is 47.3. The standard InChI is InChI=1S/4C8H8O.C8H12.C7H10O.C6H12.C6H8.C6H12.7C6H6.C3H4.C2H6O.5C2H6.CH5N.CH4O.2CH3.2Y/c4*1-7(9)8-5-3-2-4-6-8;1-3-8-5-4-7(2)6-8;1-3-7-5-4-6(2)8-7;2*1-6-4-2-3-5-6;8*1-2-4-6-5-3-1;2*1-3-2;7*1-2;;;;/h4*2-6H,1H3;4-5H,3,6H2,1-2H3;4-5H,3H2,1-2H3;6H,2-5H2,1H3;2-4H,5H2,1H3;1-6H2;7*1-6H;1H,2H3;1-2H3;5*1-2H3;2H2,1H3;2H,1H3;2*1H3;;/q;;;;;;;;;;;;;;;;;;;;;;;;;2*-1;;. The number of aliphatic hydroxyl groups excluding tert-OH is 1. The van der Waals surface area contributed by atoms with Gasteiger partial charge >= 0.3 is 0 Å². The number of carbonyl (C=O) groups is 4. The molecule has 2 fully saturated rings. The smallest absolute Gasteiger partial charge is 0.159 e. The fourth-order valence-corrected chi connectivity index (χ4v) is 9.78. The SMILES string of the molecule is C#CC.C1CCCCC1.CC.CC.CC.CC.CC.CC(=O)c1ccccc1.CC(=O)c1ccccc1.CC(=O)c1ccccc1.CC(=O)c1ccccc1.CC1=CC=CC1.CC1CCCC1.CCC1=CC=C(C)C1.CCc1ccc(C)o1.CN.CO.COC.[CH3-].[CH3-].[Y].[Y].c1ccccc1.c1ccccc1.c1ccccc1.c1ccccc1.c1ccccc1.c1ccccc1.c1ccccc1. The van der Waals surface area contributed by atoms with E-state index in [1.165, 1.54) is 102 Å². The van der Waals surface area contributed by atoms with Crippen LogP contribution >= 0.6 is 0 Å². The molecule has 0 aliphatic heterocycles. The van der Waals surface area contributed by atoms with Crippen molar-refractivity contribution in [3.8, 4) is 12.3 Å². The van der Waals surface area contributed by atoms with Gasteiger partial charge in [0, 0.05) is 115 Å². The van der Waals surface area contributed by atoms with Crippen LogP contribution in [0, 0.1) is 40.0 Å². The quantitative estimate of drug-likeness (QED) is 0.0954. The number of aliphatic hydroxyl groups is 1. The summed E-state index contributed by atoms with van der Waals surface area (Å²) in [6, 6.07) is 125. The van der Waals surface area contributed by atoms with Gasteiger partial charge in [-0.2, -0.15) is 0 Å². The van der Waals surface area contributed by atoms with Crippen LogP contribution in [0.2, 0.25) is 0 Å². The maximum absolute atomic E-state index is 10.6. The monoisotopic (exact) mass is 2000 g/mol. The predicted octanol–water partition coefficient (Wildman–Crippen LogP) is 36.7. The summed E-state index contributed by atoms with van der Waals surface area (Å²) in [5, 5.41) is 7.00. The van der Waals surface area contributed by atoms with Gasteiger partial charge in [0.25, 0.3) is 0 Å². The van der Waals surface area contributed by atoms with Crippen LogP contribution in [-0.4, -0.2) is 56.6 Å². The average Bonchev–Trinajstić information content (AvgIpc) is 1.84. The number of ether oxygens (including phenoxy) is 1. The normalized spacial score (nSPS) is 10.0. The van der Waals surface area contributed by atoms with E-state index in [0.29, 0.717) is 0 Å². The van der Waals surface area contributed by atoms with E-state index in [-0.39, 0.29) is 103 Å². The van der Waals surface area contributed by atoms with Crippen LogP contribution in [0.5, 0.6) is 0 Å². The Balaban J connectivity index is -0.000000106. The molecule has 0 unspecified atom stereocenters. The summed E-state index contributed by atoms with van der Waals surface area (Å²) in [5.74, 6) is 5.85. The van der Waals surface area contributed by atoms with E-state index in [9.17, 15) is 19.2 Å². The third-order valence-corrected chi connectivity index (χ3v) is 16.2. The van der Waals surface area contributed by atoms with Crippen molar-refractivity contribution in [2.45, 2.75) is 235 Å². The molecule has 0 atom stereocenters. The van der Waals surface area contributed by atoms with Gasteiger partial charge in [-0.15, -0.1) is 12.3 Å². The van der Waals surface area contributed by atoms with Gasteiger partial charge < -0.3 is 34.8 Å². The Kier molecular flexibility index (Phi) is 156. The number of ketones is 4. The number of allylic oxidation sites excluding steroid dienone is 8. The second kappa shape index (κ2) is 138. The van der Waals surface area contributed by atoms with Crippen LogP contribution in [0.1, 0.15) is 275 Å². The summed E-state index contributed by atoms with van der Waals surface area (Å²) in [5.41, 5.74) is 12.1. The van der Waals surface area contributed by atoms with E-state index < -0.39 is 0 Å². The van der Waals surface area contributed by atoms with Crippen molar-refractivity contribution in [2.75, 3.05) is 28.4 Å². The molecule has 0 amide bonds. The molecule has 4 aliphatic carbocycles. The Labute approximate surface area is 885 Å². The summed E-state index contributed by atoms with van der Waals surface area (Å²) in [6.07, 6.45) is 35.0. The number of furan rings is 1. The fourth-order valence-electron chi connectivity index (χ4n) is 9.78. The van der Waals surface area contributed by atoms with Crippen molar-refractivity contribution < 1.29 is 98.9 Å². The fraction of sp³-hybridized carbons (Fsp3) is 0.317. The Bertz CT molecular complexity index is 3560. The van der Waals surface area contributed by atoms with Gasteiger partial charge in [0.15, 0.2) is 23.1 Å². The number of carbonyl (C=O) groups excluding carboxylic acids is 4. The molecule has 4 aliphatic rings. The summed E-state index contributed by atoms with van der Waals surface area (Å²) in [6.45, 7) is 40.8. The molecule has 12 aromatic rings. The molecule has 3 N–H and O–H groups in total. The Morgan fingerprint density at radius 1 is 0.346 bits per heavy atom. The van der Waals surface area contributed by atoms with Gasteiger partial charge in [-0.05, 0) is 99.8 Å². The molecular formula is C126H183NO7Y2-2. The Hall–Kier alpha value is -10.0. The van der Waals surface area contributed by atoms with Crippen molar-refractivity contribution >= 4 is 23.1 Å². The largest absolute Gasteiger partial charge is 0.466 e. The first-order valence-electron chi connectivity index (χ1n) is 47.3. The molecule has 0 spiro atoms. The molecule has 16 rings (SSSR count). The van der Waals surface area contributed by atoms with Crippen LogP contribution < -0.4 is 5.73 Å². The molecule has 8 nitrogen and oxygen atoms in total. The Morgan fingerprint density at radius 3 is 0.618 bits per heavy atom. The van der Waals surface area contributed by atoms with Crippen molar-refractivity contribution in [3.63, 3.8) is 0 Å². The first-order chi connectivity index (χ1) is 64.5. The minimum atomic E-state index is 0. The van der Waals surface area contributed by atoms with E-state index in [2.05, 4.69) is 87.8 Å². The van der Waals surface area contributed by atoms with Gasteiger partial charge in [0.1, 0.15) is 11.5 Å². The zero-order valence-electron chi connectivity index (χ0n) is 89.5. The minimum Gasteiger partial charge on any atom is -0.466 e. The first kappa shape index (κ1) is 154. The third-order valence-electron chi connectivity index (χ3n) is 16.2. The molecule has 1 aromatic heterocycles. The maximum Gasteiger partial charge on any atom is 0.159 e. The zero-order valence-corrected chi connectivity index (χ0v) is 95.2. The summed E-state index contributed by atoms with van der Waals surface area (Å²) < 4.78 is 9.48. The zero-order chi connectivity index (χ0) is 101. The molecule has 2 radical (unpaired) electrons. The number of hydrogen-bond donors (Lipinski definition) is 2. The molecule has 11 aromatic carbocycles. The minimum absolute atomic E-state index is 0. The van der Waals surface area contributed by atoms with Crippen LogP contribution in [0.4, 0.5) is 0 Å². The second-order valence-corrected chi connectivity index (χ2v) is 26.9. The average molecular weight is 2000 g/mol. The molecule has 1 heterocycles. The number of terminal acetylenes is 1. The maximum atomic E-state index is 10.6. The number of aryl methyl sites for hydroxylation is 2. The number of nitrogens with two attached hydrogens (primary N) is 1. The van der Waals surface area contributed by atoms with Gasteiger partial charge in [-0.1, -0.05) is 577 Å². The summed E-state index contributed by atoms with van der Waals surface area (Å²) >= 11 is 0. The van der Waals surface area contributed by atoms with E-state index in [0.717, 1.165) is 53.2 Å². The van der Waals surface area contributed by atoms with Crippen LogP contribution in [0.3, 0.4) is 0 Å². The van der Waals surface area contributed by atoms with Gasteiger partial charge in [-0.3, -0.25) is 19.2 Å². The van der Waals surface area contributed by atoms with Crippen molar-refractivity contribution in [3.05, 3.63) is 484 Å². The van der Waals surface area contributed by atoms with Crippen LogP contribution in [0.25, 0.3) is 0 Å². The van der Waals surface area contributed by atoms with Crippen molar-refractivity contribution in [1.29, 1.82) is 0 Å². The van der Waals surface area contributed by atoms with E-state index in [1.807, 2.05) is 464 Å². The molecule has 136 heavy (non-hydrogen) atoms. The molecular weight excluding hydrogens is 1820 g/mol. The molecule has 10 heteroatoms. The van der Waals surface area contributed by atoms with Gasteiger partial charge in [0.05, 0.1) is 0 Å². The van der Waals surface area contributed by atoms with Gasteiger partial charge in [0.2, 0.25) is 0 Å². The van der Waals surface area contributed by atoms with Crippen molar-refractivity contribution in [1.82, 2.24) is 0 Å². The van der Waals surface area contributed by atoms with Crippen molar-refractivity contribution in [2.24, 2.45) is 11.7 Å². The van der Waals surface area contributed by atoms with E-state index >= 15 is 0 Å². The predicted molar refractivity (Wildman–Crippen MR) is 599 cm³/mol. The number of hydrogen-bond acceptors (Lipinski definition) is 8. The van der Waals surface area contributed by atoms with Crippen LogP contribution in [0.15, 0.2) is 440 Å². The number of Topliss-reactive ketones (excluding diaryl/α,β-unsaturated/α-hetero) is 4.